The zero-order valence-corrected chi connectivity index (χ0v) is 14.1. The van der Waals surface area contributed by atoms with Crippen molar-refractivity contribution in [2.24, 2.45) is 11.8 Å². The molecular weight excluding hydrogens is 348 g/mol. The lowest BCUT2D eigenvalue weighted by atomic mass is 9.85. The average molecular weight is 362 g/mol. The van der Waals surface area contributed by atoms with Crippen LogP contribution in [-0.4, -0.2) is 36.4 Å². The fraction of sp³-hybridized carbons (Fsp3) is 0.222. The maximum Gasteiger partial charge on any atom is 0.254 e. The quantitative estimate of drug-likeness (QED) is 0.536. The summed E-state index contributed by atoms with van der Waals surface area (Å²) in [5, 5.41) is 4.39. The second-order valence-corrected chi connectivity index (χ2v) is 6.57. The van der Waals surface area contributed by atoms with E-state index < -0.39 is 17.4 Å². The number of hydrogen-bond donors (Lipinski definition) is 1. The predicted octanol–water partition coefficient (Wildman–Crippen LogP) is 0.935. The molecule has 0 aromatic carbocycles. The highest BCUT2D eigenvalue weighted by Crippen LogP contribution is 2.37. The predicted molar refractivity (Wildman–Crippen MR) is 94.7 cm³/mol. The van der Waals surface area contributed by atoms with E-state index in [1.165, 1.54) is 10.6 Å². The van der Waals surface area contributed by atoms with Crippen LogP contribution in [0.3, 0.4) is 0 Å². The summed E-state index contributed by atoms with van der Waals surface area (Å²) in [5.41, 5.74) is 0.196. The van der Waals surface area contributed by atoms with Crippen molar-refractivity contribution < 1.29 is 9.59 Å². The molecule has 9 heteroatoms. The molecule has 1 saturated heterocycles. The van der Waals surface area contributed by atoms with Crippen molar-refractivity contribution >= 4 is 23.4 Å². The molecule has 3 aromatic rings. The molecule has 27 heavy (non-hydrogen) atoms. The summed E-state index contributed by atoms with van der Waals surface area (Å²) in [6.07, 6.45) is 8.11. The van der Waals surface area contributed by atoms with E-state index in [0.29, 0.717) is 24.2 Å². The standard InChI is InChI=1S/C18H14N6O3/c25-13-8-14(23-16(26)11-5-1-2-6-12(11)17(23)27)24-18(20-13)21-15(22-24)10-4-3-7-19-9-10/h1-4,7-9,11-12H,5-6H2,(H,20,21,22,25). The van der Waals surface area contributed by atoms with E-state index in [2.05, 4.69) is 20.1 Å². The second kappa shape index (κ2) is 5.70. The molecule has 1 fully saturated rings. The van der Waals surface area contributed by atoms with Gasteiger partial charge >= 0.3 is 0 Å². The minimum absolute atomic E-state index is 0.112. The molecule has 2 atom stereocenters. The van der Waals surface area contributed by atoms with Gasteiger partial charge in [0.15, 0.2) is 11.6 Å². The van der Waals surface area contributed by atoms with Crippen molar-refractivity contribution in [2.45, 2.75) is 12.8 Å². The normalized spacial score (nSPS) is 21.9. The lowest BCUT2D eigenvalue weighted by Crippen LogP contribution is -2.34. The Balaban J connectivity index is 1.67. The molecule has 0 bridgehead atoms. The number of amides is 2. The molecule has 0 radical (unpaired) electrons. The minimum Gasteiger partial charge on any atom is -0.291 e. The minimum atomic E-state index is -0.462. The van der Waals surface area contributed by atoms with Gasteiger partial charge in [-0.2, -0.15) is 9.50 Å². The van der Waals surface area contributed by atoms with Gasteiger partial charge in [-0.1, -0.05) is 12.2 Å². The SMILES string of the molecule is O=C1C2CC=CCC2C(=O)N1c1cc(=O)[nH]c2nc(-c3cccnc3)nn12. The van der Waals surface area contributed by atoms with Crippen LogP contribution in [0.25, 0.3) is 17.2 Å². The number of aromatic amines is 1. The third kappa shape index (κ3) is 2.31. The van der Waals surface area contributed by atoms with Crippen LogP contribution in [0.2, 0.25) is 0 Å². The number of anilines is 1. The topological polar surface area (TPSA) is 113 Å². The highest BCUT2D eigenvalue weighted by Gasteiger charge is 2.48. The van der Waals surface area contributed by atoms with Crippen LogP contribution in [0, 0.1) is 11.8 Å². The van der Waals surface area contributed by atoms with E-state index in [1.807, 2.05) is 12.2 Å². The van der Waals surface area contributed by atoms with Crippen LogP contribution in [0.15, 0.2) is 47.5 Å². The van der Waals surface area contributed by atoms with Crippen LogP contribution in [-0.2, 0) is 9.59 Å². The third-order valence-corrected chi connectivity index (χ3v) is 4.98. The molecule has 2 aliphatic rings. The van der Waals surface area contributed by atoms with Gasteiger partial charge in [-0.25, -0.2) is 4.90 Å². The summed E-state index contributed by atoms with van der Waals surface area (Å²) >= 11 is 0. The molecule has 1 aliphatic heterocycles. The molecule has 0 saturated carbocycles. The largest absolute Gasteiger partial charge is 0.291 e. The first-order valence-corrected chi connectivity index (χ1v) is 8.57. The van der Waals surface area contributed by atoms with E-state index in [0.717, 1.165) is 4.90 Å². The fourth-order valence-electron chi connectivity index (χ4n) is 3.68. The van der Waals surface area contributed by atoms with Gasteiger partial charge in [0.2, 0.25) is 17.6 Å². The van der Waals surface area contributed by atoms with E-state index >= 15 is 0 Å². The number of carbonyl (C=O) groups is 2. The highest BCUT2D eigenvalue weighted by atomic mass is 16.2. The summed E-state index contributed by atoms with van der Waals surface area (Å²) in [7, 11) is 0. The van der Waals surface area contributed by atoms with E-state index in [-0.39, 0.29) is 23.4 Å². The number of nitrogens with one attached hydrogen (secondary N) is 1. The number of imide groups is 1. The van der Waals surface area contributed by atoms with Gasteiger partial charge in [-0.15, -0.1) is 5.10 Å². The Morgan fingerprint density at radius 3 is 2.48 bits per heavy atom. The number of rotatable bonds is 2. The Hall–Kier alpha value is -3.62. The van der Waals surface area contributed by atoms with Gasteiger partial charge < -0.3 is 0 Å². The Labute approximate surface area is 152 Å². The van der Waals surface area contributed by atoms with E-state index in [4.69, 9.17) is 0 Å². The zero-order chi connectivity index (χ0) is 18.5. The Kier molecular flexibility index (Phi) is 3.30. The van der Waals surface area contributed by atoms with Crippen molar-refractivity contribution in [2.75, 3.05) is 4.90 Å². The summed E-state index contributed by atoms with van der Waals surface area (Å²) < 4.78 is 1.32. The van der Waals surface area contributed by atoms with Gasteiger partial charge in [-0.05, 0) is 25.0 Å². The van der Waals surface area contributed by atoms with E-state index in [1.54, 1.807) is 24.5 Å². The molecule has 5 rings (SSSR count). The molecule has 3 aromatic heterocycles. The highest BCUT2D eigenvalue weighted by molar-refractivity contribution is 6.21. The van der Waals surface area contributed by atoms with Crippen molar-refractivity contribution in [1.82, 2.24) is 24.6 Å². The summed E-state index contributed by atoms with van der Waals surface area (Å²) in [4.78, 5) is 49.9. The zero-order valence-electron chi connectivity index (χ0n) is 14.1. The number of allylic oxidation sites excluding steroid dienone is 2. The monoisotopic (exact) mass is 362 g/mol. The first-order valence-electron chi connectivity index (χ1n) is 8.57. The molecule has 0 spiro atoms. The maximum absolute atomic E-state index is 12.9. The molecule has 4 heterocycles. The number of H-pyrrole nitrogens is 1. The lowest BCUT2D eigenvalue weighted by Gasteiger charge is -2.14. The van der Waals surface area contributed by atoms with E-state index in [9.17, 15) is 14.4 Å². The van der Waals surface area contributed by atoms with Gasteiger partial charge in [0, 0.05) is 24.0 Å². The lowest BCUT2D eigenvalue weighted by molar-refractivity contribution is -0.122. The first-order chi connectivity index (χ1) is 13.1. The van der Waals surface area contributed by atoms with Gasteiger partial charge in [-0.3, -0.25) is 24.4 Å². The third-order valence-electron chi connectivity index (χ3n) is 4.98. The number of carbonyl (C=O) groups excluding carboxylic acids is 2. The number of nitrogens with zero attached hydrogens (tertiary/aromatic N) is 5. The fourth-order valence-corrected chi connectivity index (χ4v) is 3.68. The summed E-state index contributed by atoms with van der Waals surface area (Å²) in [5.74, 6) is -0.786. The Morgan fingerprint density at radius 2 is 1.81 bits per heavy atom. The molecule has 1 aliphatic carbocycles. The molecular formula is C18H14N6O3. The van der Waals surface area contributed by atoms with Crippen molar-refractivity contribution in [3.63, 3.8) is 0 Å². The van der Waals surface area contributed by atoms with Crippen molar-refractivity contribution in [3.8, 4) is 11.4 Å². The van der Waals surface area contributed by atoms with Gasteiger partial charge in [0.05, 0.1) is 11.8 Å². The number of aromatic nitrogens is 5. The van der Waals surface area contributed by atoms with Crippen molar-refractivity contribution in [3.05, 3.63) is 53.1 Å². The van der Waals surface area contributed by atoms with Crippen LogP contribution in [0.4, 0.5) is 5.82 Å². The molecule has 2 unspecified atom stereocenters. The molecule has 1 N–H and O–H groups in total. The summed E-state index contributed by atoms with van der Waals surface area (Å²) in [6, 6.07) is 4.73. The van der Waals surface area contributed by atoms with Crippen molar-refractivity contribution in [1.29, 1.82) is 0 Å². The second-order valence-electron chi connectivity index (χ2n) is 6.57. The van der Waals surface area contributed by atoms with Crippen LogP contribution < -0.4 is 10.5 Å². The summed E-state index contributed by atoms with van der Waals surface area (Å²) in [6.45, 7) is 0. The number of hydrogen-bond acceptors (Lipinski definition) is 6. The van der Waals surface area contributed by atoms with Gasteiger partial charge in [0.25, 0.3) is 5.56 Å². The van der Waals surface area contributed by atoms with Crippen LogP contribution in [0.5, 0.6) is 0 Å². The van der Waals surface area contributed by atoms with Gasteiger partial charge in [0.1, 0.15) is 0 Å². The maximum atomic E-state index is 12.9. The number of fused-ring (bicyclic) bond motifs is 2. The van der Waals surface area contributed by atoms with Crippen LogP contribution in [0.1, 0.15) is 12.8 Å². The Bertz CT molecular complexity index is 1140. The van der Waals surface area contributed by atoms with Crippen LogP contribution >= 0.6 is 0 Å². The average Bonchev–Trinajstić information content (AvgIpc) is 3.22. The molecule has 2 amide bonds. The smallest absolute Gasteiger partial charge is 0.254 e. The molecule has 9 nitrogen and oxygen atoms in total. The Morgan fingerprint density at radius 1 is 1.07 bits per heavy atom. The molecule has 134 valence electrons. The number of pyridine rings is 1. The first kappa shape index (κ1) is 15.6.